The van der Waals surface area contributed by atoms with Crippen molar-refractivity contribution in [3.05, 3.63) is 53.9 Å². The second kappa shape index (κ2) is 8.66. The number of carbonyl (C=O) groups is 2. The zero-order chi connectivity index (χ0) is 19.2. The Bertz CT molecular complexity index is 822. The molecule has 2 aromatic rings. The third-order valence-electron chi connectivity index (χ3n) is 4.62. The van der Waals surface area contributed by atoms with Gasteiger partial charge in [0.2, 0.25) is 0 Å². The van der Waals surface area contributed by atoms with E-state index in [1.54, 1.807) is 24.3 Å². The maximum atomic E-state index is 12.7. The van der Waals surface area contributed by atoms with Gasteiger partial charge in [0.05, 0.1) is 12.3 Å². The molecule has 1 aromatic heterocycles. The topological polar surface area (TPSA) is 71.5 Å². The normalized spacial score (nSPS) is 16.7. The van der Waals surface area contributed by atoms with E-state index in [1.807, 2.05) is 24.0 Å². The van der Waals surface area contributed by atoms with Crippen LogP contribution in [0.1, 0.15) is 47.5 Å². The standard InChI is InChI=1S/C21H25N3O3/c1-3-27-19-9-5-4-8-17(19)23-20(25)16-10-11-22-18(13-16)21(26)24-12-6-7-15(2)14-24/h4-5,8-11,13,15H,3,6-7,12,14H2,1-2H3,(H,23,25). The smallest absolute Gasteiger partial charge is 0.272 e. The Labute approximate surface area is 159 Å². The predicted octanol–water partition coefficient (Wildman–Crippen LogP) is 3.60. The van der Waals surface area contributed by atoms with Crippen LogP contribution in [0.3, 0.4) is 0 Å². The molecule has 1 unspecified atom stereocenters. The molecule has 1 aromatic carbocycles. The van der Waals surface area contributed by atoms with Crippen molar-refractivity contribution in [1.29, 1.82) is 0 Å². The summed E-state index contributed by atoms with van der Waals surface area (Å²) < 4.78 is 5.54. The van der Waals surface area contributed by atoms with Gasteiger partial charge in [-0.05, 0) is 49.9 Å². The van der Waals surface area contributed by atoms with Gasteiger partial charge >= 0.3 is 0 Å². The van der Waals surface area contributed by atoms with Crippen LogP contribution in [0, 0.1) is 5.92 Å². The maximum absolute atomic E-state index is 12.7. The summed E-state index contributed by atoms with van der Waals surface area (Å²) in [5, 5.41) is 2.85. The molecule has 2 amide bonds. The highest BCUT2D eigenvalue weighted by Crippen LogP contribution is 2.24. The van der Waals surface area contributed by atoms with E-state index in [0.717, 1.165) is 25.9 Å². The van der Waals surface area contributed by atoms with Gasteiger partial charge in [-0.2, -0.15) is 0 Å². The van der Waals surface area contributed by atoms with E-state index in [2.05, 4.69) is 17.2 Å². The number of piperidine rings is 1. The first-order chi connectivity index (χ1) is 13.1. The van der Waals surface area contributed by atoms with Gasteiger partial charge in [-0.15, -0.1) is 0 Å². The van der Waals surface area contributed by atoms with E-state index in [9.17, 15) is 9.59 Å². The number of likely N-dealkylation sites (tertiary alicyclic amines) is 1. The van der Waals surface area contributed by atoms with Crippen LogP contribution in [0.2, 0.25) is 0 Å². The summed E-state index contributed by atoms with van der Waals surface area (Å²) in [6.07, 6.45) is 3.64. The highest BCUT2D eigenvalue weighted by Gasteiger charge is 2.23. The summed E-state index contributed by atoms with van der Waals surface area (Å²) in [6.45, 7) is 6.02. The van der Waals surface area contributed by atoms with Crippen LogP contribution >= 0.6 is 0 Å². The number of nitrogens with one attached hydrogen (secondary N) is 1. The molecule has 0 aliphatic carbocycles. The fraction of sp³-hybridized carbons (Fsp3) is 0.381. The average molecular weight is 367 g/mol. The van der Waals surface area contributed by atoms with Crippen molar-refractivity contribution in [2.75, 3.05) is 25.0 Å². The zero-order valence-corrected chi connectivity index (χ0v) is 15.8. The lowest BCUT2D eigenvalue weighted by atomic mass is 10.00. The second-order valence-corrected chi connectivity index (χ2v) is 6.81. The Morgan fingerprint density at radius 2 is 2.11 bits per heavy atom. The molecule has 27 heavy (non-hydrogen) atoms. The number of pyridine rings is 1. The van der Waals surface area contributed by atoms with Crippen molar-refractivity contribution < 1.29 is 14.3 Å². The van der Waals surface area contributed by atoms with Crippen molar-refractivity contribution in [2.45, 2.75) is 26.7 Å². The highest BCUT2D eigenvalue weighted by atomic mass is 16.5. The summed E-state index contributed by atoms with van der Waals surface area (Å²) >= 11 is 0. The first-order valence-corrected chi connectivity index (χ1v) is 9.37. The van der Waals surface area contributed by atoms with Crippen molar-refractivity contribution in [3.63, 3.8) is 0 Å². The molecule has 0 radical (unpaired) electrons. The first-order valence-electron chi connectivity index (χ1n) is 9.37. The number of carbonyl (C=O) groups excluding carboxylic acids is 2. The maximum Gasteiger partial charge on any atom is 0.272 e. The predicted molar refractivity (Wildman–Crippen MR) is 104 cm³/mol. The van der Waals surface area contributed by atoms with Crippen LogP contribution in [0.25, 0.3) is 0 Å². The van der Waals surface area contributed by atoms with Gasteiger partial charge in [0.15, 0.2) is 0 Å². The Balaban J connectivity index is 1.75. The zero-order valence-electron chi connectivity index (χ0n) is 15.8. The van der Waals surface area contributed by atoms with Gasteiger partial charge in [0.25, 0.3) is 11.8 Å². The van der Waals surface area contributed by atoms with Gasteiger partial charge < -0.3 is 15.0 Å². The Morgan fingerprint density at radius 3 is 2.89 bits per heavy atom. The number of hydrogen-bond acceptors (Lipinski definition) is 4. The monoisotopic (exact) mass is 367 g/mol. The first kappa shape index (κ1) is 18.9. The van der Waals surface area contributed by atoms with Crippen molar-refractivity contribution in [2.24, 2.45) is 5.92 Å². The summed E-state index contributed by atoms with van der Waals surface area (Å²) in [5.41, 5.74) is 1.29. The number of rotatable bonds is 5. The molecule has 1 atom stereocenters. The van der Waals surface area contributed by atoms with Crippen LogP contribution in [-0.4, -0.2) is 41.4 Å². The molecular weight excluding hydrogens is 342 g/mol. The molecule has 1 aliphatic heterocycles. The van der Waals surface area contributed by atoms with Gasteiger partial charge in [-0.3, -0.25) is 14.6 Å². The third kappa shape index (κ3) is 4.64. The van der Waals surface area contributed by atoms with Crippen LogP contribution in [0.5, 0.6) is 5.75 Å². The summed E-state index contributed by atoms with van der Waals surface area (Å²) in [4.78, 5) is 31.4. The molecule has 142 valence electrons. The third-order valence-corrected chi connectivity index (χ3v) is 4.62. The van der Waals surface area contributed by atoms with Gasteiger partial charge in [-0.1, -0.05) is 19.1 Å². The number of aromatic nitrogens is 1. The number of nitrogens with zero attached hydrogens (tertiary/aromatic N) is 2. The van der Waals surface area contributed by atoms with Crippen molar-refractivity contribution in [3.8, 4) is 5.75 Å². The lowest BCUT2D eigenvalue weighted by Crippen LogP contribution is -2.39. The summed E-state index contributed by atoms with van der Waals surface area (Å²) in [7, 11) is 0. The Kier molecular flexibility index (Phi) is 6.06. The van der Waals surface area contributed by atoms with E-state index in [4.69, 9.17) is 4.74 Å². The van der Waals surface area contributed by atoms with Crippen LogP contribution in [0.15, 0.2) is 42.6 Å². The number of anilines is 1. The number of benzene rings is 1. The minimum Gasteiger partial charge on any atom is -0.492 e. The van der Waals surface area contributed by atoms with Gasteiger partial charge in [0.1, 0.15) is 11.4 Å². The van der Waals surface area contributed by atoms with Gasteiger partial charge in [-0.25, -0.2) is 0 Å². The minimum absolute atomic E-state index is 0.120. The van der Waals surface area contributed by atoms with Crippen LogP contribution < -0.4 is 10.1 Å². The lowest BCUT2D eigenvalue weighted by Gasteiger charge is -2.30. The van der Waals surface area contributed by atoms with E-state index in [0.29, 0.717) is 35.2 Å². The van der Waals surface area contributed by atoms with E-state index in [-0.39, 0.29) is 11.8 Å². The van der Waals surface area contributed by atoms with E-state index < -0.39 is 0 Å². The molecule has 1 saturated heterocycles. The van der Waals surface area contributed by atoms with E-state index >= 15 is 0 Å². The molecule has 0 bridgehead atoms. The average Bonchev–Trinajstić information content (AvgIpc) is 2.69. The molecule has 1 fully saturated rings. The van der Waals surface area contributed by atoms with Gasteiger partial charge in [0, 0.05) is 24.8 Å². The number of para-hydroxylation sites is 2. The number of ether oxygens (including phenoxy) is 1. The van der Waals surface area contributed by atoms with E-state index in [1.165, 1.54) is 6.20 Å². The molecule has 6 nitrogen and oxygen atoms in total. The SMILES string of the molecule is CCOc1ccccc1NC(=O)c1ccnc(C(=O)N2CCCC(C)C2)c1. The molecule has 3 rings (SSSR count). The second-order valence-electron chi connectivity index (χ2n) is 6.81. The summed E-state index contributed by atoms with van der Waals surface area (Å²) in [6, 6.07) is 10.4. The lowest BCUT2D eigenvalue weighted by molar-refractivity contribution is 0.0677. The molecule has 1 aliphatic rings. The molecule has 6 heteroatoms. The highest BCUT2D eigenvalue weighted by molar-refractivity contribution is 6.06. The molecule has 0 saturated carbocycles. The summed E-state index contributed by atoms with van der Waals surface area (Å²) in [5.74, 6) is 0.682. The quantitative estimate of drug-likeness (QED) is 0.876. The van der Waals surface area contributed by atoms with Crippen LogP contribution in [-0.2, 0) is 0 Å². The fourth-order valence-electron chi connectivity index (χ4n) is 3.27. The Hall–Kier alpha value is -2.89. The van der Waals surface area contributed by atoms with Crippen molar-refractivity contribution in [1.82, 2.24) is 9.88 Å². The Morgan fingerprint density at radius 1 is 1.30 bits per heavy atom. The van der Waals surface area contributed by atoms with Crippen LogP contribution in [0.4, 0.5) is 5.69 Å². The fourth-order valence-corrected chi connectivity index (χ4v) is 3.27. The number of hydrogen-bond donors (Lipinski definition) is 1. The molecular formula is C21H25N3O3. The molecule has 0 spiro atoms. The molecule has 2 heterocycles. The minimum atomic E-state index is -0.300. The largest absolute Gasteiger partial charge is 0.492 e. The van der Waals surface area contributed by atoms with Crippen molar-refractivity contribution >= 4 is 17.5 Å². The molecule has 1 N–H and O–H groups in total. The number of amides is 2.